The van der Waals surface area contributed by atoms with Gasteiger partial charge in [-0.05, 0) is 42.8 Å². The maximum atomic E-state index is 12.6. The highest BCUT2D eigenvalue weighted by molar-refractivity contribution is 6.22. The van der Waals surface area contributed by atoms with Gasteiger partial charge in [0, 0.05) is 35.3 Å². The van der Waals surface area contributed by atoms with Crippen molar-refractivity contribution in [2.45, 2.75) is 6.92 Å². The highest BCUT2D eigenvalue weighted by atomic mass is 16.4. The standard InChI is InChI=1S/C22H16N2O5/c1-3-8-24-21(27)16-6-4-13(10-17(16)22(24)28)20(26)23-14-5-7-15-12(2)9-19(25)29-18(15)11-14/h3-7,9-11H,1,8H2,2H3,(H,23,26). The minimum absolute atomic E-state index is 0.107. The molecule has 7 heteroatoms. The fourth-order valence-corrected chi connectivity index (χ4v) is 3.33. The van der Waals surface area contributed by atoms with Crippen LogP contribution in [0.15, 0.2) is 64.3 Å². The van der Waals surface area contributed by atoms with Crippen LogP contribution in [0.4, 0.5) is 5.69 Å². The van der Waals surface area contributed by atoms with Crippen molar-refractivity contribution in [2.24, 2.45) is 0 Å². The molecule has 0 radical (unpaired) electrons. The molecule has 0 atom stereocenters. The van der Waals surface area contributed by atoms with Gasteiger partial charge in [-0.15, -0.1) is 6.58 Å². The number of hydrogen-bond donors (Lipinski definition) is 1. The predicted molar refractivity (Wildman–Crippen MR) is 107 cm³/mol. The monoisotopic (exact) mass is 388 g/mol. The summed E-state index contributed by atoms with van der Waals surface area (Å²) >= 11 is 0. The van der Waals surface area contributed by atoms with Gasteiger partial charge in [0.05, 0.1) is 11.1 Å². The Bertz CT molecular complexity index is 1270. The van der Waals surface area contributed by atoms with Crippen LogP contribution in [0.3, 0.4) is 0 Å². The van der Waals surface area contributed by atoms with Gasteiger partial charge in [0.2, 0.25) is 0 Å². The molecule has 1 aliphatic heterocycles. The van der Waals surface area contributed by atoms with Crippen LogP contribution in [-0.2, 0) is 0 Å². The topological polar surface area (TPSA) is 96.7 Å². The van der Waals surface area contributed by atoms with E-state index in [1.165, 1.54) is 30.3 Å². The number of nitrogens with one attached hydrogen (secondary N) is 1. The van der Waals surface area contributed by atoms with Gasteiger partial charge >= 0.3 is 5.63 Å². The first-order chi connectivity index (χ1) is 13.9. The lowest BCUT2D eigenvalue weighted by molar-refractivity contribution is 0.0672. The second-order valence-electron chi connectivity index (χ2n) is 6.68. The first-order valence-corrected chi connectivity index (χ1v) is 8.86. The van der Waals surface area contributed by atoms with E-state index in [0.29, 0.717) is 11.3 Å². The molecule has 0 unspecified atom stereocenters. The van der Waals surface area contributed by atoms with Gasteiger partial charge in [-0.3, -0.25) is 19.3 Å². The van der Waals surface area contributed by atoms with Crippen molar-refractivity contribution in [1.82, 2.24) is 4.90 Å². The van der Waals surface area contributed by atoms with Gasteiger partial charge < -0.3 is 9.73 Å². The highest BCUT2D eigenvalue weighted by Crippen LogP contribution is 2.25. The highest BCUT2D eigenvalue weighted by Gasteiger charge is 2.35. The number of benzene rings is 2. The van der Waals surface area contributed by atoms with E-state index in [2.05, 4.69) is 11.9 Å². The lowest BCUT2D eigenvalue weighted by Gasteiger charge is -2.09. The third-order valence-electron chi connectivity index (χ3n) is 4.75. The van der Waals surface area contributed by atoms with E-state index in [0.717, 1.165) is 15.8 Å². The first kappa shape index (κ1) is 18.4. The van der Waals surface area contributed by atoms with Gasteiger partial charge in [0.15, 0.2) is 0 Å². The minimum atomic E-state index is -0.468. The zero-order chi connectivity index (χ0) is 20.7. The number of amides is 3. The Morgan fingerprint density at radius 3 is 2.59 bits per heavy atom. The second-order valence-corrected chi connectivity index (χ2v) is 6.68. The molecular formula is C22H16N2O5. The molecule has 1 aromatic heterocycles. The molecule has 3 amide bonds. The van der Waals surface area contributed by atoms with Crippen LogP contribution < -0.4 is 10.9 Å². The fraction of sp³-hybridized carbons (Fsp3) is 0.0909. The third kappa shape index (κ3) is 3.12. The SMILES string of the molecule is C=CCN1C(=O)c2ccc(C(=O)Nc3ccc4c(C)cc(=O)oc4c3)cc2C1=O. The van der Waals surface area contributed by atoms with Gasteiger partial charge in [-0.1, -0.05) is 6.08 Å². The van der Waals surface area contributed by atoms with Crippen LogP contribution >= 0.6 is 0 Å². The molecule has 0 fully saturated rings. The minimum Gasteiger partial charge on any atom is -0.423 e. The molecule has 29 heavy (non-hydrogen) atoms. The molecule has 7 nitrogen and oxygen atoms in total. The number of aryl methyl sites for hydroxylation is 1. The molecule has 2 heterocycles. The summed E-state index contributed by atoms with van der Waals surface area (Å²) in [6.07, 6.45) is 1.47. The van der Waals surface area contributed by atoms with Crippen LogP contribution in [0.2, 0.25) is 0 Å². The molecule has 1 N–H and O–H groups in total. The van der Waals surface area contributed by atoms with Crippen molar-refractivity contribution in [1.29, 1.82) is 0 Å². The van der Waals surface area contributed by atoms with Gasteiger partial charge in [0.25, 0.3) is 17.7 Å². The van der Waals surface area contributed by atoms with Crippen LogP contribution in [0, 0.1) is 6.92 Å². The normalized spacial score (nSPS) is 12.9. The Balaban J connectivity index is 1.63. The largest absolute Gasteiger partial charge is 0.423 e. The van der Waals surface area contributed by atoms with Gasteiger partial charge in [-0.25, -0.2) is 4.79 Å². The zero-order valence-electron chi connectivity index (χ0n) is 15.5. The smallest absolute Gasteiger partial charge is 0.336 e. The second kappa shape index (κ2) is 6.87. The number of hydrogen-bond acceptors (Lipinski definition) is 5. The number of carbonyl (C=O) groups excluding carboxylic acids is 3. The molecule has 1 aliphatic rings. The summed E-state index contributed by atoms with van der Waals surface area (Å²) in [7, 11) is 0. The quantitative estimate of drug-likeness (QED) is 0.421. The number of nitrogens with zero attached hydrogens (tertiary/aromatic N) is 1. The molecule has 0 saturated carbocycles. The summed E-state index contributed by atoms with van der Waals surface area (Å²) in [5.41, 5.74) is 1.79. The number of imide groups is 1. The van der Waals surface area contributed by atoms with Gasteiger partial charge in [-0.2, -0.15) is 0 Å². The summed E-state index contributed by atoms with van der Waals surface area (Å²) in [6, 6.07) is 10.8. The van der Waals surface area contributed by atoms with Gasteiger partial charge in [0.1, 0.15) is 5.58 Å². The average molecular weight is 388 g/mol. The van der Waals surface area contributed by atoms with Crippen molar-refractivity contribution < 1.29 is 18.8 Å². The van der Waals surface area contributed by atoms with E-state index in [4.69, 9.17) is 4.42 Å². The molecule has 3 aromatic rings. The molecule has 0 spiro atoms. The van der Waals surface area contributed by atoms with E-state index in [-0.39, 0.29) is 23.2 Å². The Hall–Kier alpha value is -4.00. The molecule has 0 bridgehead atoms. The lowest BCUT2D eigenvalue weighted by atomic mass is 10.1. The number of rotatable bonds is 4. The number of carbonyl (C=O) groups is 3. The third-order valence-corrected chi connectivity index (χ3v) is 4.75. The van der Waals surface area contributed by atoms with Crippen molar-refractivity contribution >= 4 is 34.4 Å². The molecule has 144 valence electrons. The first-order valence-electron chi connectivity index (χ1n) is 8.86. The Morgan fingerprint density at radius 1 is 1.07 bits per heavy atom. The average Bonchev–Trinajstić information content (AvgIpc) is 2.92. The summed E-state index contributed by atoms with van der Waals surface area (Å²) in [6.45, 7) is 5.45. The molecule has 0 aliphatic carbocycles. The van der Waals surface area contributed by atoms with Crippen LogP contribution in [0.25, 0.3) is 11.0 Å². The number of anilines is 1. The lowest BCUT2D eigenvalue weighted by Crippen LogP contribution is -2.29. The van der Waals surface area contributed by atoms with Crippen molar-refractivity contribution in [3.63, 3.8) is 0 Å². The summed E-state index contributed by atoms with van der Waals surface area (Å²) < 4.78 is 5.19. The zero-order valence-corrected chi connectivity index (χ0v) is 15.5. The van der Waals surface area contributed by atoms with E-state index in [1.54, 1.807) is 25.1 Å². The Morgan fingerprint density at radius 2 is 1.83 bits per heavy atom. The summed E-state index contributed by atoms with van der Waals surface area (Å²) in [5.74, 6) is -1.32. The fourth-order valence-electron chi connectivity index (χ4n) is 3.33. The van der Waals surface area contributed by atoms with Crippen LogP contribution in [0.5, 0.6) is 0 Å². The van der Waals surface area contributed by atoms with Crippen molar-refractivity contribution in [2.75, 3.05) is 11.9 Å². The predicted octanol–water partition coefficient (Wildman–Crippen LogP) is 3.14. The molecule has 4 rings (SSSR count). The maximum absolute atomic E-state index is 12.6. The molecule has 0 saturated heterocycles. The van der Waals surface area contributed by atoms with E-state index in [9.17, 15) is 19.2 Å². The van der Waals surface area contributed by atoms with Crippen LogP contribution in [-0.4, -0.2) is 29.2 Å². The Labute approximate surface area is 165 Å². The van der Waals surface area contributed by atoms with Crippen molar-refractivity contribution in [3.05, 3.63) is 87.8 Å². The molecule has 2 aromatic carbocycles. The maximum Gasteiger partial charge on any atom is 0.336 e. The number of fused-ring (bicyclic) bond motifs is 2. The Kier molecular flexibility index (Phi) is 4.35. The van der Waals surface area contributed by atoms with E-state index in [1.807, 2.05) is 0 Å². The van der Waals surface area contributed by atoms with E-state index < -0.39 is 23.3 Å². The van der Waals surface area contributed by atoms with E-state index >= 15 is 0 Å². The summed E-state index contributed by atoms with van der Waals surface area (Å²) in [4.78, 5) is 50.0. The van der Waals surface area contributed by atoms with Crippen molar-refractivity contribution in [3.8, 4) is 0 Å². The summed E-state index contributed by atoms with van der Waals surface area (Å²) in [5, 5.41) is 3.49. The molecular weight excluding hydrogens is 372 g/mol. The van der Waals surface area contributed by atoms with Crippen LogP contribution in [0.1, 0.15) is 36.6 Å².